The van der Waals surface area contributed by atoms with E-state index in [1.54, 1.807) is 0 Å². The van der Waals surface area contributed by atoms with Crippen LogP contribution in [0.5, 0.6) is 0 Å². The zero-order valence-electron chi connectivity index (χ0n) is 16.1. The maximum absolute atomic E-state index is 12.6. The number of ether oxygens (including phenoxy) is 1. The fraction of sp³-hybridized carbons (Fsp3) is 0.905. The molecule has 7 atom stereocenters. The highest BCUT2D eigenvalue weighted by Crippen LogP contribution is 2.67. The number of hydrogen-bond donors (Lipinski definition) is 2. The van der Waals surface area contributed by atoms with Gasteiger partial charge >= 0.3 is 12.1 Å². The van der Waals surface area contributed by atoms with Crippen LogP contribution in [0.15, 0.2) is 0 Å². The van der Waals surface area contributed by atoms with Crippen molar-refractivity contribution in [2.24, 2.45) is 40.4 Å². The van der Waals surface area contributed by atoms with E-state index in [0.717, 1.165) is 37.0 Å². The fourth-order valence-corrected chi connectivity index (χ4v) is 7.91. The number of esters is 1. The molecule has 1 N–H and O–H groups in total. The molecule has 0 saturated heterocycles. The molecular weight excluding hydrogens is 346 g/mol. The lowest BCUT2D eigenvalue weighted by atomic mass is 9.45. The monoisotopic (exact) mass is 379 g/mol. The topological polar surface area (TPSA) is 55.4 Å². The molecule has 0 bridgehead atoms. The molecule has 4 aliphatic rings. The summed E-state index contributed by atoms with van der Waals surface area (Å²) in [6, 6.07) is 0. The molecule has 4 fully saturated rings. The van der Waals surface area contributed by atoms with Gasteiger partial charge in [-0.05, 0) is 85.9 Å². The first kappa shape index (κ1) is 18.6. The molecule has 1 amide bonds. The number of amides is 1. The first-order valence-electron chi connectivity index (χ1n) is 10.6. The largest absolute Gasteiger partial charge is 0.424 e. The average Bonchev–Trinajstić information content (AvgIpc) is 2.98. The normalized spacial score (nSPS) is 47.3. The lowest BCUT2D eigenvalue weighted by Gasteiger charge is -2.60. The third-order valence-corrected chi connectivity index (χ3v) is 9.33. The Balaban J connectivity index is 1.54. The third-order valence-electron chi connectivity index (χ3n) is 9.15. The van der Waals surface area contributed by atoms with Gasteiger partial charge < -0.3 is 4.74 Å². The third kappa shape index (κ3) is 2.71. The molecule has 0 aromatic heterocycles. The van der Waals surface area contributed by atoms with E-state index in [0.29, 0.717) is 11.3 Å². The zero-order valence-corrected chi connectivity index (χ0v) is 17.0. The molecule has 0 aliphatic heterocycles. The van der Waals surface area contributed by atoms with Crippen molar-refractivity contribution in [2.75, 3.05) is 0 Å². The van der Waals surface area contributed by atoms with Gasteiger partial charge in [0, 0.05) is 0 Å². The summed E-state index contributed by atoms with van der Waals surface area (Å²) in [6.07, 6.45) is 11.9. The Hall–Kier alpha value is -0.710. The number of hydrogen-bond acceptors (Lipinski definition) is 4. The Morgan fingerprint density at radius 1 is 0.923 bits per heavy atom. The van der Waals surface area contributed by atoms with Crippen LogP contribution in [0.25, 0.3) is 0 Å². The van der Waals surface area contributed by atoms with Gasteiger partial charge in [0.2, 0.25) is 0 Å². The minimum absolute atomic E-state index is 0.00695. The van der Waals surface area contributed by atoms with Crippen molar-refractivity contribution in [1.82, 2.24) is 4.72 Å². The summed E-state index contributed by atoms with van der Waals surface area (Å²) in [4.78, 5) is 24.0. The lowest BCUT2D eigenvalue weighted by Crippen LogP contribution is -2.53. The van der Waals surface area contributed by atoms with Gasteiger partial charge in [0.05, 0.1) is 5.92 Å². The van der Waals surface area contributed by atoms with Gasteiger partial charge in [0.25, 0.3) is 0 Å². The second-order valence-corrected chi connectivity index (χ2v) is 10.1. The van der Waals surface area contributed by atoms with E-state index in [1.165, 1.54) is 44.9 Å². The predicted octanol–water partition coefficient (Wildman–Crippen LogP) is 5.13. The van der Waals surface area contributed by atoms with Gasteiger partial charge in [-0.25, -0.2) is 4.79 Å². The predicted molar refractivity (Wildman–Crippen MR) is 103 cm³/mol. The highest BCUT2D eigenvalue weighted by molar-refractivity contribution is 7.78. The van der Waals surface area contributed by atoms with Crippen molar-refractivity contribution < 1.29 is 14.3 Å². The quantitative estimate of drug-likeness (QED) is 0.377. The smallest absolute Gasteiger partial charge is 0.375 e. The molecule has 0 aromatic rings. The van der Waals surface area contributed by atoms with Crippen molar-refractivity contribution in [1.29, 1.82) is 0 Å². The van der Waals surface area contributed by atoms with Gasteiger partial charge in [0.15, 0.2) is 0 Å². The van der Waals surface area contributed by atoms with E-state index in [9.17, 15) is 9.59 Å². The van der Waals surface area contributed by atoms with Crippen molar-refractivity contribution >= 4 is 24.9 Å². The molecule has 26 heavy (non-hydrogen) atoms. The first-order valence-corrected chi connectivity index (χ1v) is 11.0. The number of fused-ring (bicyclic) bond motifs is 5. The van der Waals surface area contributed by atoms with E-state index >= 15 is 0 Å². The number of rotatable bonds is 1. The van der Waals surface area contributed by atoms with Crippen LogP contribution in [0.2, 0.25) is 0 Å². The van der Waals surface area contributed by atoms with Crippen LogP contribution in [-0.2, 0) is 9.53 Å². The standard InChI is InChI=1S/C21H33NO3S/c1-20-11-4-3-5-13(20)6-7-14-15-8-9-17(18(23)25-19(24)22-26)21(15,2)12-10-16(14)20/h13-17,26H,3-12H2,1-2H3,(H,22,24)/t13?,14-,15-,16+,17?,20-,21-/m0/s1. The second-order valence-electron chi connectivity index (χ2n) is 9.90. The maximum atomic E-state index is 12.6. The Bertz CT molecular complexity index is 596. The molecule has 0 heterocycles. The van der Waals surface area contributed by atoms with E-state index < -0.39 is 6.09 Å². The van der Waals surface area contributed by atoms with Crippen LogP contribution in [0, 0.1) is 40.4 Å². The fourth-order valence-electron chi connectivity index (χ4n) is 7.87. The van der Waals surface area contributed by atoms with Crippen LogP contribution in [0.4, 0.5) is 4.79 Å². The van der Waals surface area contributed by atoms with E-state index in [4.69, 9.17) is 4.74 Å². The van der Waals surface area contributed by atoms with Crippen LogP contribution < -0.4 is 4.72 Å². The molecule has 146 valence electrons. The molecule has 4 saturated carbocycles. The number of carbonyl (C=O) groups is 2. The summed E-state index contributed by atoms with van der Waals surface area (Å²) in [5.74, 6) is 2.62. The van der Waals surface area contributed by atoms with E-state index in [1.807, 2.05) is 0 Å². The van der Waals surface area contributed by atoms with E-state index in [-0.39, 0.29) is 17.3 Å². The number of thiol groups is 1. The highest BCUT2D eigenvalue weighted by Gasteiger charge is 2.61. The van der Waals surface area contributed by atoms with Crippen LogP contribution in [0.3, 0.4) is 0 Å². The SMILES string of the molecule is C[C@]12CCCCC1CC[C@@H]1[C@H]2CC[C@]2(C)C(C(=O)OC(=O)NS)CC[C@@H]12. The minimum atomic E-state index is -0.755. The minimum Gasteiger partial charge on any atom is -0.375 e. The number of carbonyl (C=O) groups excluding carboxylic acids is 2. The summed E-state index contributed by atoms with van der Waals surface area (Å²) < 4.78 is 7.07. The maximum Gasteiger partial charge on any atom is 0.424 e. The van der Waals surface area contributed by atoms with Gasteiger partial charge in [-0.3, -0.25) is 9.52 Å². The van der Waals surface area contributed by atoms with Crippen molar-refractivity contribution in [3.05, 3.63) is 0 Å². The summed E-state index contributed by atoms with van der Waals surface area (Å²) in [5.41, 5.74) is 0.514. The Morgan fingerprint density at radius 2 is 1.69 bits per heavy atom. The summed E-state index contributed by atoms with van der Waals surface area (Å²) in [7, 11) is 0. The van der Waals surface area contributed by atoms with Crippen molar-refractivity contribution in [3.8, 4) is 0 Å². The summed E-state index contributed by atoms with van der Waals surface area (Å²) in [5, 5.41) is 0. The van der Waals surface area contributed by atoms with Gasteiger partial charge in [0.1, 0.15) is 0 Å². The molecule has 0 aromatic carbocycles. The second kappa shape index (κ2) is 6.72. The molecule has 0 spiro atoms. The van der Waals surface area contributed by atoms with Gasteiger partial charge in [-0.15, -0.1) is 0 Å². The van der Waals surface area contributed by atoms with Crippen molar-refractivity contribution in [3.63, 3.8) is 0 Å². The Kier molecular flexibility index (Phi) is 4.82. The molecule has 4 aliphatic carbocycles. The number of nitrogens with one attached hydrogen (secondary N) is 1. The van der Waals surface area contributed by atoms with E-state index in [2.05, 4.69) is 31.4 Å². The molecular formula is C21H33NO3S. The van der Waals surface area contributed by atoms with Crippen LogP contribution in [-0.4, -0.2) is 12.1 Å². The molecule has 4 nitrogen and oxygen atoms in total. The lowest BCUT2D eigenvalue weighted by molar-refractivity contribution is -0.152. The molecule has 5 heteroatoms. The molecule has 2 unspecified atom stereocenters. The van der Waals surface area contributed by atoms with Crippen LogP contribution in [0.1, 0.15) is 78.1 Å². The Morgan fingerprint density at radius 3 is 2.46 bits per heavy atom. The van der Waals surface area contributed by atoms with Crippen LogP contribution >= 0.6 is 12.8 Å². The molecule has 0 radical (unpaired) electrons. The van der Waals surface area contributed by atoms with Gasteiger partial charge in [-0.2, -0.15) is 0 Å². The Labute approximate surface area is 162 Å². The molecule has 4 rings (SSSR count). The zero-order chi connectivity index (χ0) is 18.5. The first-order chi connectivity index (χ1) is 12.4. The summed E-state index contributed by atoms with van der Waals surface area (Å²) >= 11 is 3.68. The summed E-state index contributed by atoms with van der Waals surface area (Å²) in [6.45, 7) is 4.87. The average molecular weight is 380 g/mol. The van der Waals surface area contributed by atoms with Crippen molar-refractivity contribution in [2.45, 2.75) is 78.1 Å². The van der Waals surface area contributed by atoms with Gasteiger partial charge in [-0.1, -0.05) is 39.5 Å². The highest BCUT2D eigenvalue weighted by atomic mass is 32.1.